The topological polar surface area (TPSA) is 45.2 Å². The minimum Gasteiger partial charge on any atom is -0.335 e. The van der Waals surface area contributed by atoms with Crippen LogP contribution in [-0.4, -0.2) is 41.0 Å². The van der Waals surface area contributed by atoms with Crippen LogP contribution in [0.5, 0.6) is 0 Å². The molecule has 2 unspecified atom stereocenters. The van der Waals surface area contributed by atoms with Gasteiger partial charge in [0.25, 0.3) is 0 Å². The van der Waals surface area contributed by atoms with Crippen molar-refractivity contribution in [2.24, 2.45) is 0 Å². The van der Waals surface area contributed by atoms with Gasteiger partial charge >= 0.3 is 0 Å². The first-order chi connectivity index (χ1) is 12.2. The molecule has 2 bridgehead atoms. The van der Waals surface area contributed by atoms with E-state index >= 15 is 0 Å². The van der Waals surface area contributed by atoms with Crippen molar-refractivity contribution in [3.63, 3.8) is 0 Å². The third-order valence-electron chi connectivity index (χ3n) is 5.14. The van der Waals surface area contributed by atoms with Crippen LogP contribution in [0.15, 0.2) is 29.6 Å². The quantitative estimate of drug-likeness (QED) is 0.803. The molecule has 2 aliphatic heterocycles. The van der Waals surface area contributed by atoms with Gasteiger partial charge in [-0.25, -0.2) is 9.37 Å². The number of fused-ring (bicyclic) bond motifs is 2. The summed E-state index contributed by atoms with van der Waals surface area (Å²) in [5.41, 5.74) is 1.88. The van der Waals surface area contributed by atoms with Crippen LogP contribution < -0.4 is 5.32 Å². The zero-order valence-electron chi connectivity index (χ0n) is 14.9. The molecule has 2 aromatic rings. The molecule has 0 radical (unpaired) electrons. The number of carbonyl (C=O) groups excluding carboxylic acids is 1. The maximum Gasteiger partial charge on any atom is 0.229 e. The Hall–Kier alpha value is -1.21. The molecule has 1 amide bonds. The Morgan fingerprint density at radius 1 is 1.19 bits per heavy atom. The highest BCUT2D eigenvalue weighted by atomic mass is 35.5. The Morgan fingerprint density at radius 3 is 2.70 bits per heavy atom. The molecule has 0 aliphatic carbocycles. The molecular weight excluding hydrogens is 408 g/mol. The van der Waals surface area contributed by atoms with E-state index in [4.69, 9.17) is 0 Å². The Labute approximate surface area is 175 Å². The molecule has 1 aromatic carbocycles. The molecule has 2 saturated heterocycles. The molecule has 1 N–H and O–H groups in total. The van der Waals surface area contributed by atoms with Crippen LogP contribution in [0, 0.1) is 5.82 Å². The highest BCUT2D eigenvalue weighted by Gasteiger charge is 2.37. The van der Waals surface area contributed by atoms with Gasteiger partial charge < -0.3 is 10.2 Å². The lowest BCUT2D eigenvalue weighted by Crippen LogP contribution is -2.43. The van der Waals surface area contributed by atoms with Gasteiger partial charge in [-0.05, 0) is 43.5 Å². The Balaban J connectivity index is 0.00000131. The highest BCUT2D eigenvalue weighted by molar-refractivity contribution is 7.09. The average molecular weight is 432 g/mol. The number of halogens is 3. The van der Waals surface area contributed by atoms with E-state index in [1.807, 2.05) is 5.38 Å². The molecule has 8 heteroatoms. The number of rotatable bonds is 4. The zero-order valence-corrected chi connectivity index (χ0v) is 17.3. The fourth-order valence-electron chi connectivity index (χ4n) is 3.92. The van der Waals surface area contributed by atoms with Crippen LogP contribution in [0.2, 0.25) is 0 Å². The smallest absolute Gasteiger partial charge is 0.229 e. The summed E-state index contributed by atoms with van der Waals surface area (Å²) in [7, 11) is 0. The standard InChI is InChI=1S/C19H22FN3OS.2ClH/c20-14-3-1-13(2-4-14)9-18-22-15(12-25-18)10-19(24)23-16-5-6-17(23)11-21-8-7-16;;/h1-4,12,16-17,21H,5-11H2;2*1H. The van der Waals surface area contributed by atoms with Gasteiger partial charge in [-0.15, -0.1) is 36.2 Å². The van der Waals surface area contributed by atoms with Crippen molar-refractivity contribution in [3.8, 4) is 0 Å². The van der Waals surface area contributed by atoms with Crippen molar-refractivity contribution in [1.82, 2.24) is 15.2 Å². The van der Waals surface area contributed by atoms with Crippen LogP contribution in [0.25, 0.3) is 0 Å². The van der Waals surface area contributed by atoms with E-state index < -0.39 is 0 Å². The van der Waals surface area contributed by atoms with E-state index in [2.05, 4.69) is 15.2 Å². The monoisotopic (exact) mass is 431 g/mol. The van der Waals surface area contributed by atoms with E-state index in [-0.39, 0.29) is 36.5 Å². The lowest BCUT2D eigenvalue weighted by molar-refractivity contribution is -0.133. The minimum absolute atomic E-state index is 0. The first-order valence-electron chi connectivity index (χ1n) is 8.88. The van der Waals surface area contributed by atoms with Crippen LogP contribution in [0.1, 0.15) is 35.5 Å². The molecule has 3 heterocycles. The highest BCUT2D eigenvalue weighted by Crippen LogP contribution is 2.28. The summed E-state index contributed by atoms with van der Waals surface area (Å²) in [6.45, 7) is 1.92. The Bertz CT molecular complexity index is 742. The summed E-state index contributed by atoms with van der Waals surface area (Å²) >= 11 is 1.57. The van der Waals surface area contributed by atoms with E-state index in [1.165, 1.54) is 12.1 Å². The number of carbonyl (C=O) groups is 1. The van der Waals surface area contributed by atoms with E-state index in [1.54, 1.807) is 23.5 Å². The SMILES string of the molecule is Cl.Cl.O=C(Cc1csc(Cc2ccc(F)cc2)n1)N1C2CCNCC1CC2. The van der Waals surface area contributed by atoms with E-state index in [0.717, 1.165) is 48.6 Å². The maximum absolute atomic E-state index is 13.0. The molecule has 1 aromatic heterocycles. The molecular formula is C19H24Cl2FN3OS. The number of hydrogen-bond donors (Lipinski definition) is 1. The summed E-state index contributed by atoms with van der Waals surface area (Å²) in [6, 6.07) is 7.24. The second kappa shape index (κ2) is 9.82. The number of nitrogens with one attached hydrogen (secondary N) is 1. The second-order valence-electron chi connectivity index (χ2n) is 6.89. The fourth-order valence-corrected chi connectivity index (χ4v) is 4.75. The van der Waals surface area contributed by atoms with Crippen LogP contribution >= 0.6 is 36.2 Å². The summed E-state index contributed by atoms with van der Waals surface area (Å²) in [5, 5.41) is 6.38. The lowest BCUT2D eigenvalue weighted by Gasteiger charge is -2.27. The molecule has 4 nitrogen and oxygen atoms in total. The van der Waals surface area contributed by atoms with Gasteiger partial charge in [0.2, 0.25) is 5.91 Å². The molecule has 2 aliphatic rings. The Morgan fingerprint density at radius 2 is 1.93 bits per heavy atom. The van der Waals surface area contributed by atoms with E-state index in [0.29, 0.717) is 24.9 Å². The second-order valence-corrected chi connectivity index (χ2v) is 7.83. The van der Waals surface area contributed by atoms with Crippen molar-refractivity contribution in [2.45, 2.75) is 44.2 Å². The van der Waals surface area contributed by atoms with Gasteiger partial charge in [-0.3, -0.25) is 4.79 Å². The average Bonchev–Trinajstić information content (AvgIpc) is 3.12. The van der Waals surface area contributed by atoms with Gasteiger partial charge in [-0.2, -0.15) is 0 Å². The maximum atomic E-state index is 13.0. The predicted octanol–water partition coefficient (Wildman–Crippen LogP) is 3.61. The van der Waals surface area contributed by atoms with Crippen molar-refractivity contribution in [2.75, 3.05) is 13.1 Å². The van der Waals surface area contributed by atoms with Crippen molar-refractivity contribution in [1.29, 1.82) is 0 Å². The predicted molar refractivity (Wildman–Crippen MR) is 111 cm³/mol. The molecule has 2 atom stereocenters. The molecule has 148 valence electrons. The third kappa shape index (κ3) is 5.19. The van der Waals surface area contributed by atoms with Gasteiger partial charge in [0, 0.05) is 30.4 Å². The number of benzene rings is 1. The number of thiazole rings is 1. The van der Waals surface area contributed by atoms with Gasteiger partial charge in [-0.1, -0.05) is 12.1 Å². The third-order valence-corrected chi connectivity index (χ3v) is 6.04. The summed E-state index contributed by atoms with van der Waals surface area (Å²) < 4.78 is 13.0. The largest absolute Gasteiger partial charge is 0.335 e. The van der Waals surface area contributed by atoms with Crippen molar-refractivity contribution >= 4 is 42.1 Å². The molecule has 0 saturated carbocycles. The lowest BCUT2D eigenvalue weighted by atomic mass is 10.1. The molecule has 2 fully saturated rings. The number of hydrogen-bond acceptors (Lipinski definition) is 4. The van der Waals surface area contributed by atoms with Gasteiger partial charge in [0.15, 0.2) is 0 Å². The number of amides is 1. The van der Waals surface area contributed by atoms with Crippen molar-refractivity contribution in [3.05, 3.63) is 51.7 Å². The van der Waals surface area contributed by atoms with Crippen molar-refractivity contribution < 1.29 is 9.18 Å². The van der Waals surface area contributed by atoms with Gasteiger partial charge in [0.1, 0.15) is 5.82 Å². The first-order valence-corrected chi connectivity index (χ1v) is 9.76. The summed E-state index contributed by atoms with van der Waals surface area (Å²) in [4.78, 5) is 19.5. The zero-order chi connectivity index (χ0) is 17.2. The van der Waals surface area contributed by atoms with Crippen LogP contribution in [-0.2, 0) is 17.6 Å². The normalized spacial score (nSPS) is 21.1. The first kappa shape index (κ1) is 22.1. The molecule has 27 heavy (non-hydrogen) atoms. The number of aromatic nitrogens is 1. The minimum atomic E-state index is -0.226. The fraction of sp³-hybridized carbons (Fsp3) is 0.474. The van der Waals surface area contributed by atoms with Crippen LogP contribution in [0.4, 0.5) is 4.39 Å². The van der Waals surface area contributed by atoms with Crippen LogP contribution in [0.3, 0.4) is 0 Å². The molecule has 4 rings (SSSR count). The summed E-state index contributed by atoms with van der Waals surface area (Å²) in [6.07, 6.45) is 4.35. The van der Waals surface area contributed by atoms with E-state index in [9.17, 15) is 9.18 Å². The Kier molecular flexibility index (Phi) is 8.04. The van der Waals surface area contributed by atoms with Gasteiger partial charge in [0.05, 0.1) is 17.1 Å². The molecule has 0 spiro atoms. The summed E-state index contributed by atoms with van der Waals surface area (Å²) in [5.74, 6) is -0.0226. The number of nitrogens with zero attached hydrogens (tertiary/aromatic N) is 2.